The normalized spacial score (nSPS) is 13.3. The molecule has 2 aliphatic carbocycles. The summed E-state index contributed by atoms with van der Waals surface area (Å²) in [5, 5.41) is 2.16. The minimum absolute atomic E-state index is 0.482. The summed E-state index contributed by atoms with van der Waals surface area (Å²) in [7, 11) is 0. The number of fused-ring (bicyclic) bond motifs is 16. The Labute approximate surface area is 375 Å². The first-order valence-corrected chi connectivity index (χ1v) is 22.2. The highest BCUT2D eigenvalue weighted by Gasteiger charge is 2.53. The zero-order chi connectivity index (χ0) is 42.6. The van der Waals surface area contributed by atoms with Crippen molar-refractivity contribution in [2.24, 2.45) is 0 Å². The van der Waals surface area contributed by atoms with Gasteiger partial charge in [0.1, 0.15) is 5.58 Å². The molecule has 1 spiro atoms. The van der Waals surface area contributed by atoms with E-state index in [1.54, 1.807) is 0 Å². The number of benzene rings is 10. The first kappa shape index (κ1) is 35.9. The van der Waals surface area contributed by atoms with Crippen LogP contribution < -0.4 is 14.4 Å². The second-order valence-corrected chi connectivity index (χ2v) is 17.1. The molecule has 14 rings (SSSR count). The maximum Gasteiger partial charge on any atom is 0.178 e. The standard InChI is InChI=1S/C61H37NO3/c1-2-15-38(16-3-1)39-29-32-41(33-30-39)62(53-27-14-22-46-45-20-8-13-28-54(45)64-59(46)53)52-26-12-7-17-42(52)40-31-35-55-57(37-40)65-60-56(63-55)36-34-51-58(60)47-21-6-11-25-50(47)61(51)48-23-9-4-18-43(48)44-19-5-10-24-49(44)61/h1-37H. The molecule has 4 heteroatoms. The lowest BCUT2D eigenvalue weighted by molar-refractivity contribution is 0.360. The molecule has 0 unspecified atom stereocenters. The van der Waals surface area contributed by atoms with E-state index in [2.05, 4.69) is 211 Å². The molecule has 65 heavy (non-hydrogen) atoms. The van der Waals surface area contributed by atoms with E-state index < -0.39 is 5.41 Å². The van der Waals surface area contributed by atoms with Gasteiger partial charge in [0.05, 0.1) is 16.8 Å². The summed E-state index contributed by atoms with van der Waals surface area (Å²) < 4.78 is 20.7. The molecule has 1 aliphatic heterocycles. The average molecular weight is 832 g/mol. The number of nitrogens with zero attached hydrogens (tertiary/aromatic N) is 1. The quantitative estimate of drug-likeness (QED) is 0.173. The molecule has 4 nitrogen and oxygen atoms in total. The summed E-state index contributed by atoms with van der Waals surface area (Å²) in [6, 6.07) is 79.8. The molecule has 2 heterocycles. The van der Waals surface area contributed by atoms with Crippen LogP contribution in [0, 0.1) is 0 Å². The summed E-state index contributed by atoms with van der Waals surface area (Å²) in [6.45, 7) is 0. The molecule has 11 aromatic rings. The highest BCUT2D eigenvalue weighted by Crippen LogP contribution is 2.66. The zero-order valence-corrected chi connectivity index (χ0v) is 35.0. The zero-order valence-electron chi connectivity index (χ0n) is 35.0. The largest absolute Gasteiger partial charge is 0.454 e. The third-order valence-electron chi connectivity index (χ3n) is 13.8. The highest BCUT2D eigenvalue weighted by molar-refractivity contribution is 6.11. The Bertz CT molecular complexity index is 3690. The molecule has 0 N–H and O–H groups in total. The predicted molar refractivity (Wildman–Crippen MR) is 262 cm³/mol. The molecule has 0 amide bonds. The van der Waals surface area contributed by atoms with Gasteiger partial charge >= 0.3 is 0 Å². The van der Waals surface area contributed by atoms with Crippen LogP contribution in [0.15, 0.2) is 229 Å². The lowest BCUT2D eigenvalue weighted by Gasteiger charge is -2.31. The van der Waals surface area contributed by atoms with Gasteiger partial charge in [0.25, 0.3) is 0 Å². The van der Waals surface area contributed by atoms with Crippen molar-refractivity contribution in [2.45, 2.75) is 5.41 Å². The molecule has 0 bridgehead atoms. The Morgan fingerprint density at radius 3 is 1.72 bits per heavy atom. The predicted octanol–water partition coefficient (Wildman–Crippen LogP) is 16.6. The van der Waals surface area contributed by atoms with E-state index in [9.17, 15) is 0 Å². The van der Waals surface area contributed by atoms with E-state index in [0.29, 0.717) is 17.2 Å². The van der Waals surface area contributed by atoms with E-state index in [1.165, 1.54) is 38.9 Å². The third kappa shape index (κ3) is 5.08. The van der Waals surface area contributed by atoms with Crippen molar-refractivity contribution in [3.05, 3.63) is 247 Å². The van der Waals surface area contributed by atoms with Gasteiger partial charge in [-0.1, -0.05) is 176 Å². The first-order valence-electron chi connectivity index (χ1n) is 22.2. The van der Waals surface area contributed by atoms with E-state index in [-0.39, 0.29) is 0 Å². The minimum Gasteiger partial charge on any atom is -0.454 e. The van der Waals surface area contributed by atoms with Gasteiger partial charge in [-0.2, -0.15) is 0 Å². The van der Waals surface area contributed by atoms with Crippen LogP contribution in [0.3, 0.4) is 0 Å². The second kappa shape index (κ2) is 13.7. The SMILES string of the molecule is c1ccc(-c2ccc(N(c3ccccc3-c3ccc4c(c3)Oc3c(ccc5c3-c3ccccc3C53c5ccccc5-c5ccccc53)O4)c3cccc4c3oc3ccccc34)cc2)cc1. The van der Waals surface area contributed by atoms with Crippen molar-refractivity contribution >= 4 is 39.0 Å². The average Bonchev–Trinajstić information content (AvgIpc) is 4.01. The second-order valence-electron chi connectivity index (χ2n) is 17.1. The lowest BCUT2D eigenvalue weighted by atomic mass is 9.70. The number of hydrogen-bond donors (Lipinski definition) is 0. The number of para-hydroxylation sites is 3. The summed E-state index contributed by atoms with van der Waals surface area (Å²) in [5.74, 6) is 2.79. The maximum atomic E-state index is 7.18. The molecular formula is C61H37NO3. The molecule has 1 aromatic heterocycles. The van der Waals surface area contributed by atoms with Gasteiger partial charge in [0, 0.05) is 27.6 Å². The lowest BCUT2D eigenvalue weighted by Crippen LogP contribution is -2.25. The summed E-state index contributed by atoms with van der Waals surface area (Å²) in [5.41, 5.74) is 18.3. The van der Waals surface area contributed by atoms with Crippen molar-refractivity contribution in [3.8, 4) is 67.5 Å². The highest BCUT2D eigenvalue weighted by atomic mass is 16.6. The topological polar surface area (TPSA) is 34.8 Å². The van der Waals surface area contributed by atoms with Crippen LogP contribution in [-0.4, -0.2) is 0 Å². The first-order chi connectivity index (χ1) is 32.2. The fourth-order valence-electron chi connectivity index (χ4n) is 11.0. The smallest absolute Gasteiger partial charge is 0.178 e. The van der Waals surface area contributed by atoms with Gasteiger partial charge in [-0.3, -0.25) is 0 Å². The van der Waals surface area contributed by atoms with Gasteiger partial charge in [-0.25, -0.2) is 0 Å². The van der Waals surface area contributed by atoms with E-state index in [0.717, 1.165) is 72.6 Å². The molecular weight excluding hydrogens is 795 g/mol. The van der Waals surface area contributed by atoms with Gasteiger partial charge in [0.2, 0.25) is 0 Å². The van der Waals surface area contributed by atoms with E-state index in [1.807, 2.05) is 18.2 Å². The van der Waals surface area contributed by atoms with Crippen LogP contribution in [0.5, 0.6) is 23.0 Å². The van der Waals surface area contributed by atoms with Crippen molar-refractivity contribution < 1.29 is 13.9 Å². The Kier molecular flexibility index (Phi) is 7.57. The van der Waals surface area contributed by atoms with Gasteiger partial charge in [-0.15, -0.1) is 0 Å². The monoisotopic (exact) mass is 831 g/mol. The number of ether oxygens (including phenoxy) is 2. The molecule has 0 saturated heterocycles. The minimum atomic E-state index is -0.482. The Morgan fingerprint density at radius 1 is 0.354 bits per heavy atom. The van der Waals surface area contributed by atoms with Crippen molar-refractivity contribution in [2.75, 3.05) is 4.90 Å². The van der Waals surface area contributed by atoms with Crippen LogP contribution in [0.1, 0.15) is 22.3 Å². The van der Waals surface area contributed by atoms with Crippen molar-refractivity contribution in [3.63, 3.8) is 0 Å². The third-order valence-corrected chi connectivity index (χ3v) is 13.8. The number of hydrogen-bond acceptors (Lipinski definition) is 4. The molecule has 0 saturated carbocycles. The fourth-order valence-corrected chi connectivity index (χ4v) is 11.0. The number of furan rings is 1. The Balaban J connectivity index is 0.922. The van der Waals surface area contributed by atoms with Crippen LogP contribution in [0.2, 0.25) is 0 Å². The molecule has 0 atom stereocenters. The number of anilines is 3. The van der Waals surface area contributed by atoms with Crippen LogP contribution >= 0.6 is 0 Å². The van der Waals surface area contributed by atoms with E-state index >= 15 is 0 Å². The van der Waals surface area contributed by atoms with Crippen molar-refractivity contribution in [1.29, 1.82) is 0 Å². The Morgan fingerprint density at radius 2 is 0.938 bits per heavy atom. The molecule has 0 radical (unpaired) electrons. The fraction of sp³-hybridized carbons (Fsp3) is 0.0164. The molecule has 3 aliphatic rings. The van der Waals surface area contributed by atoms with Crippen LogP contribution in [0.25, 0.3) is 66.4 Å². The summed E-state index contributed by atoms with van der Waals surface area (Å²) in [6.07, 6.45) is 0. The Hall–Kier alpha value is -8.60. The molecule has 304 valence electrons. The van der Waals surface area contributed by atoms with E-state index in [4.69, 9.17) is 13.9 Å². The number of rotatable bonds is 5. The van der Waals surface area contributed by atoms with Gasteiger partial charge in [-0.05, 0) is 104 Å². The summed E-state index contributed by atoms with van der Waals surface area (Å²) in [4.78, 5) is 2.32. The molecule has 0 fully saturated rings. The van der Waals surface area contributed by atoms with Gasteiger partial charge < -0.3 is 18.8 Å². The van der Waals surface area contributed by atoms with Crippen LogP contribution in [-0.2, 0) is 5.41 Å². The molecule has 10 aromatic carbocycles. The van der Waals surface area contributed by atoms with Crippen LogP contribution in [0.4, 0.5) is 17.1 Å². The van der Waals surface area contributed by atoms with Gasteiger partial charge in [0.15, 0.2) is 28.6 Å². The summed E-state index contributed by atoms with van der Waals surface area (Å²) >= 11 is 0. The maximum absolute atomic E-state index is 7.18. The van der Waals surface area contributed by atoms with Crippen molar-refractivity contribution in [1.82, 2.24) is 0 Å².